The predicted octanol–water partition coefficient (Wildman–Crippen LogP) is 4.76. The molecule has 0 spiro atoms. The first kappa shape index (κ1) is 19.4. The minimum absolute atomic E-state index is 0.0803. The molecule has 1 aromatic heterocycles. The molecule has 0 saturated heterocycles. The van der Waals surface area contributed by atoms with Crippen molar-refractivity contribution in [3.8, 4) is 5.75 Å². The Hall–Kier alpha value is -2.32. The maximum absolute atomic E-state index is 12.4. The molecule has 0 radical (unpaired) electrons. The van der Waals surface area contributed by atoms with Gasteiger partial charge in [-0.15, -0.1) is 24.5 Å². The third kappa shape index (κ3) is 4.33. The normalized spacial score (nSPS) is 18.4. The van der Waals surface area contributed by atoms with Gasteiger partial charge >= 0.3 is 6.36 Å². The molecule has 0 aliphatic carbocycles. The SMILES string of the molecule is Cc1ccsc1C1N=CC=C(c2ccc(OC(F)(F)F)cc2)N1[C@@H](C)CO. The molecule has 3 rings (SSSR count). The number of hydrogen-bond donors (Lipinski definition) is 1. The number of aliphatic hydroxyl groups excluding tert-OH is 1. The van der Waals surface area contributed by atoms with Gasteiger partial charge in [0, 0.05) is 11.9 Å². The van der Waals surface area contributed by atoms with E-state index in [-0.39, 0.29) is 24.6 Å². The summed E-state index contributed by atoms with van der Waals surface area (Å²) in [5.74, 6) is -0.274. The van der Waals surface area contributed by atoms with Crippen LogP contribution in [0.5, 0.6) is 5.75 Å². The molecule has 2 atom stereocenters. The van der Waals surface area contributed by atoms with Crippen LogP contribution in [0, 0.1) is 6.92 Å². The molecule has 27 heavy (non-hydrogen) atoms. The summed E-state index contributed by atoms with van der Waals surface area (Å²) in [4.78, 5) is 7.62. The standard InChI is InChI=1S/C19H19F3N2O2S/c1-12-8-10-27-17(12)18-23-9-7-16(24(18)13(2)11-25)14-3-5-15(6-4-14)26-19(20,21)22/h3-10,13,18,25H,11H2,1-2H3/t13-,18?/m0/s1. The zero-order chi connectivity index (χ0) is 19.6. The third-order valence-electron chi connectivity index (χ3n) is 4.26. The number of alkyl halides is 3. The zero-order valence-electron chi connectivity index (χ0n) is 14.8. The molecule has 8 heteroatoms. The van der Waals surface area contributed by atoms with Gasteiger partial charge in [0.05, 0.1) is 17.5 Å². The zero-order valence-corrected chi connectivity index (χ0v) is 15.6. The van der Waals surface area contributed by atoms with Crippen molar-refractivity contribution in [3.63, 3.8) is 0 Å². The van der Waals surface area contributed by atoms with Crippen LogP contribution in [-0.4, -0.2) is 35.2 Å². The summed E-state index contributed by atoms with van der Waals surface area (Å²) in [6.07, 6.45) is -1.53. The fraction of sp³-hybridized carbons (Fsp3) is 0.316. The molecule has 1 N–H and O–H groups in total. The molecule has 0 fully saturated rings. The van der Waals surface area contributed by atoms with Gasteiger partial charge in [0.1, 0.15) is 5.75 Å². The maximum atomic E-state index is 12.4. The molecule has 144 valence electrons. The van der Waals surface area contributed by atoms with E-state index in [4.69, 9.17) is 0 Å². The Balaban J connectivity index is 1.94. The van der Waals surface area contributed by atoms with Gasteiger partial charge in [-0.2, -0.15) is 0 Å². The van der Waals surface area contributed by atoms with E-state index in [1.807, 2.05) is 30.2 Å². The van der Waals surface area contributed by atoms with Crippen molar-refractivity contribution >= 4 is 23.2 Å². The number of benzene rings is 1. The smallest absolute Gasteiger partial charge is 0.406 e. The average Bonchev–Trinajstić information content (AvgIpc) is 3.05. The Morgan fingerprint density at radius 1 is 1.26 bits per heavy atom. The lowest BCUT2D eigenvalue weighted by Crippen LogP contribution is -2.38. The second-order valence-electron chi connectivity index (χ2n) is 6.20. The molecule has 4 nitrogen and oxygen atoms in total. The number of allylic oxidation sites excluding steroid dienone is 1. The number of hydrogen-bond acceptors (Lipinski definition) is 5. The van der Waals surface area contributed by atoms with Crippen molar-refractivity contribution in [1.82, 2.24) is 4.90 Å². The van der Waals surface area contributed by atoms with E-state index < -0.39 is 6.36 Å². The topological polar surface area (TPSA) is 45.1 Å². The highest BCUT2D eigenvalue weighted by atomic mass is 32.1. The van der Waals surface area contributed by atoms with Gasteiger partial charge in [0.15, 0.2) is 6.17 Å². The van der Waals surface area contributed by atoms with E-state index in [0.29, 0.717) is 0 Å². The molecule has 1 aliphatic rings. The Labute approximate surface area is 159 Å². The van der Waals surface area contributed by atoms with E-state index in [2.05, 4.69) is 9.73 Å². The number of ether oxygens (including phenoxy) is 1. The number of halogens is 3. The predicted molar refractivity (Wildman–Crippen MR) is 99.8 cm³/mol. The summed E-state index contributed by atoms with van der Waals surface area (Å²) in [5.41, 5.74) is 2.60. The lowest BCUT2D eigenvalue weighted by molar-refractivity contribution is -0.274. The van der Waals surface area contributed by atoms with Crippen LogP contribution in [-0.2, 0) is 0 Å². The number of aryl methyl sites for hydroxylation is 1. The molecule has 0 saturated carbocycles. The second-order valence-corrected chi connectivity index (χ2v) is 7.15. The average molecular weight is 396 g/mol. The molecule has 1 aromatic carbocycles. The van der Waals surface area contributed by atoms with Gasteiger partial charge in [-0.25, -0.2) is 0 Å². The Morgan fingerprint density at radius 3 is 2.52 bits per heavy atom. The van der Waals surface area contributed by atoms with E-state index >= 15 is 0 Å². The van der Waals surface area contributed by atoms with E-state index in [0.717, 1.165) is 21.7 Å². The van der Waals surface area contributed by atoms with Crippen LogP contribution in [0.2, 0.25) is 0 Å². The van der Waals surface area contributed by atoms with Crippen molar-refractivity contribution in [2.45, 2.75) is 32.4 Å². The highest BCUT2D eigenvalue weighted by Gasteiger charge is 2.32. The lowest BCUT2D eigenvalue weighted by Gasteiger charge is -2.39. The van der Waals surface area contributed by atoms with Crippen LogP contribution >= 0.6 is 11.3 Å². The van der Waals surface area contributed by atoms with Gasteiger partial charge in [-0.1, -0.05) is 0 Å². The van der Waals surface area contributed by atoms with Gasteiger partial charge in [0.2, 0.25) is 0 Å². The first-order chi connectivity index (χ1) is 12.8. The quantitative estimate of drug-likeness (QED) is 0.792. The summed E-state index contributed by atoms with van der Waals surface area (Å²) in [6, 6.07) is 7.48. The van der Waals surface area contributed by atoms with Crippen molar-refractivity contribution in [2.24, 2.45) is 4.99 Å². The van der Waals surface area contributed by atoms with Crippen molar-refractivity contribution in [1.29, 1.82) is 0 Å². The number of nitrogens with zero attached hydrogens (tertiary/aromatic N) is 2. The number of thiophene rings is 1. The van der Waals surface area contributed by atoms with E-state index in [1.165, 1.54) is 12.1 Å². The van der Waals surface area contributed by atoms with Crippen LogP contribution in [0.25, 0.3) is 5.70 Å². The van der Waals surface area contributed by atoms with Gasteiger partial charge < -0.3 is 14.7 Å². The Morgan fingerprint density at radius 2 is 1.96 bits per heavy atom. The van der Waals surface area contributed by atoms with E-state index in [9.17, 15) is 18.3 Å². The largest absolute Gasteiger partial charge is 0.573 e. The third-order valence-corrected chi connectivity index (χ3v) is 5.32. The molecular formula is C19H19F3N2O2S. The number of aliphatic imine (C=N–C) groups is 1. The molecule has 1 unspecified atom stereocenters. The van der Waals surface area contributed by atoms with Crippen LogP contribution in [0.15, 0.2) is 46.8 Å². The lowest BCUT2D eigenvalue weighted by atomic mass is 10.0. The van der Waals surface area contributed by atoms with E-state index in [1.54, 1.807) is 35.8 Å². The summed E-state index contributed by atoms with van der Waals surface area (Å²) in [7, 11) is 0. The van der Waals surface area contributed by atoms with Gasteiger partial charge in [0.25, 0.3) is 0 Å². The van der Waals surface area contributed by atoms with Crippen molar-refractivity contribution in [2.75, 3.05) is 6.61 Å². The van der Waals surface area contributed by atoms with Crippen LogP contribution < -0.4 is 4.74 Å². The molecule has 0 bridgehead atoms. The fourth-order valence-corrected chi connectivity index (χ4v) is 3.94. The molecule has 2 heterocycles. The Kier molecular flexibility index (Phi) is 5.57. The number of rotatable bonds is 5. The molecule has 0 amide bonds. The summed E-state index contributed by atoms with van der Waals surface area (Å²) in [5, 5.41) is 11.7. The fourth-order valence-electron chi connectivity index (χ4n) is 2.97. The first-order valence-corrected chi connectivity index (χ1v) is 9.21. The highest BCUT2D eigenvalue weighted by molar-refractivity contribution is 7.10. The van der Waals surface area contributed by atoms with Gasteiger partial charge in [-0.3, -0.25) is 4.99 Å². The summed E-state index contributed by atoms with van der Waals surface area (Å²) < 4.78 is 41.0. The summed E-state index contributed by atoms with van der Waals surface area (Å²) >= 11 is 1.58. The first-order valence-electron chi connectivity index (χ1n) is 8.33. The van der Waals surface area contributed by atoms with Crippen molar-refractivity contribution < 1.29 is 23.0 Å². The van der Waals surface area contributed by atoms with Crippen molar-refractivity contribution in [3.05, 3.63) is 57.8 Å². The monoisotopic (exact) mass is 396 g/mol. The Bertz CT molecular complexity index is 843. The van der Waals surface area contributed by atoms with Crippen LogP contribution in [0.4, 0.5) is 13.2 Å². The van der Waals surface area contributed by atoms with Crippen LogP contribution in [0.1, 0.15) is 29.1 Å². The molecule has 1 aliphatic heterocycles. The minimum atomic E-state index is -4.72. The van der Waals surface area contributed by atoms with Crippen LogP contribution in [0.3, 0.4) is 0 Å². The molecular weight excluding hydrogens is 377 g/mol. The second kappa shape index (κ2) is 7.74. The summed E-state index contributed by atoms with van der Waals surface area (Å²) in [6.45, 7) is 3.80. The van der Waals surface area contributed by atoms with Gasteiger partial charge in [-0.05, 0) is 66.8 Å². The molecule has 2 aromatic rings. The minimum Gasteiger partial charge on any atom is -0.406 e. The maximum Gasteiger partial charge on any atom is 0.573 e. The number of aliphatic hydroxyl groups is 1. The highest BCUT2D eigenvalue weighted by Crippen LogP contribution is 2.39.